The topological polar surface area (TPSA) is 40.5 Å². The van der Waals surface area contributed by atoms with Gasteiger partial charge in [-0.15, -0.1) is 0 Å². The van der Waals surface area contributed by atoms with Crippen molar-refractivity contribution in [2.75, 3.05) is 13.1 Å². The molecule has 0 aromatic carbocycles. The van der Waals surface area contributed by atoms with Crippen molar-refractivity contribution in [3.8, 4) is 0 Å². The number of alkyl halides is 3. The van der Waals surface area contributed by atoms with Crippen molar-refractivity contribution >= 4 is 5.97 Å². The van der Waals surface area contributed by atoms with E-state index in [4.69, 9.17) is 5.11 Å². The third-order valence-corrected chi connectivity index (χ3v) is 3.11. The van der Waals surface area contributed by atoms with E-state index in [1.54, 1.807) is 0 Å². The lowest BCUT2D eigenvalue weighted by molar-refractivity contribution is -0.147. The van der Waals surface area contributed by atoms with E-state index in [0.717, 1.165) is 32.1 Å². The minimum atomic E-state index is -4.22. The Kier molecular flexibility index (Phi) is 5.24. The molecule has 1 aliphatic carbocycles. The van der Waals surface area contributed by atoms with Crippen LogP contribution in [0.15, 0.2) is 0 Å². The van der Waals surface area contributed by atoms with Gasteiger partial charge in [0, 0.05) is 12.6 Å². The predicted molar refractivity (Wildman–Crippen MR) is 56.8 cm³/mol. The Morgan fingerprint density at radius 1 is 1.24 bits per heavy atom. The largest absolute Gasteiger partial charge is 0.480 e. The number of rotatable bonds is 5. The van der Waals surface area contributed by atoms with E-state index in [1.165, 1.54) is 4.90 Å². The highest BCUT2D eigenvalue weighted by molar-refractivity contribution is 5.69. The molecule has 0 saturated heterocycles. The molecule has 1 rings (SSSR count). The van der Waals surface area contributed by atoms with E-state index in [0.29, 0.717) is 0 Å². The van der Waals surface area contributed by atoms with Crippen LogP contribution in [0, 0.1) is 0 Å². The van der Waals surface area contributed by atoms with Gasteiger partial charge in [-0.1, -0.05) is 19.3 Å². The smallest absolute Gasteiger partial charge is 0.390 e. The summed E-state index contributed by atoms with van der Waals surface area (Å²) < 4.78 is 36.4. The number of nitrogens with zero attached hydrogens (tertiary/aromatic N) is 1. The molecule has 0 aromatic heterocycles. The Hall–Kier alpha value is -0.780. The molecule has 1 N–H and O–H groups in total. The van der Waals surface area contributed by atoms with Crippen LogP contribution < -0.4 is 0 Å². The molecule has 1 fully saturated rings. The molecule has 0 amide bonds. The highest BCUT2D eigenvalue weighted by Gasteiger charge is 2.30. The molecule has 0 radical (unpaired) electrons. The summed E-state index contributed by atoms with van der Waals surface area (Å²) in [6.07, 6.45) is -0.477. The maximum absolute atomic E-state index is 12.1. The van der Waals surface area contributed by atoms with Crippen LogP contribution in [0.5, 0.6) is 0 Å². The molecule has 6 heteroatoms. The second-order valence-corrected chi connectivity index (χ2v) is 4.52. The van der Waals surface area contributed by atoms with Gasteiger partial charge < -0.3 is 5.11 Å². The fourth-order valence-corrected chi connectivity index (χ4v) is 2.28. The molecule has 0 aliphatic heterocycles. The minimum absolute atomic E-state index is 0.00204. The van der Waals surface area contributed by atoms with Gasteiger partial charge in [0.1, 0.15) is 0 Å². The molecule has 0 bridgehead atoms. The zero-order valence-corrected chi connectivity index (χ0v) is 9.67. The first-order valence-electron chi connectivity index (χ1n) is 5.91. The standard InChI is InChI=1S/C11H18F3NO2/c12-11(13,14)6-7-15(8-10(16)17)9-4-2-1-3-5-9/h9H,1-8H2,(H,16,17). The molecule has 3 nitrogen and oxygen atoms in total. The van der Waals surface area contributed by atoms with Gasteiger partial charge >= 0.3 is 12.1 Å². The van der Waals surface area contributed by atoms with E-state index in [2.05, 4.69) is 0 Å². The van der Waals surface area contributed by atoms with Gasteiger partial charge in [0.25, 0.3) is 0 Å². The number of halogens is 3. The van der Waals surface area contributed by atoms with Crippen molar-refractivity contribution < 1.29 is 23.1 Å². The third-order valence-electron chi connectivity index (χ3n) is 3.11. The minimum Gasteiger partial charge on any atom is -0.480 e. The number of hydrogen-bond acceptors (Lipinski definition) is 2. The molecule has 17 heavy (non-hydrogen) atoms. The van der Waals surface area contributed by atoms with Crippen LogP contribution in [0.1, 0.15) is 38.5 Å². The Morgan fingerprint density at radius 3 is 2.29 bits per heavy atom. The number of carboxylic acid groups (broad SMARTS) is 1. The van der Waals surface area contributed by atoms with Crippen molar-refractivity contribution in [3.63, 3.8) is 0 Å². The summed E-state index contributed by atoms with van der Waals surface area (Å²) in [5, 5.41) is 8.72. The quantitative estimate of drug-likeness (QED) is 0.818. The monoisotopic (exact) mass is 253 g/mol. The van der Waals surface area contributed by atoms with Crippen molar-refractivity contribution in [1.82, 2.24) is 4.90 Å². The summed E-state index contributed by atoms with van der Waals surface area (Å²) in [4.78, 5) is 12.1. The van der Waals surface area contributed by atoms with Gasteiger partial charge in [-0.2, -0.15) is 13.2 Å². The van der Waals surface area contributed by atoms with Crippen LogP contribution in [0.4, 0.5) is 13.2 Å². The maximum atomic E-state index is 12.1. The fourth-order valence-electron chi connectivity index (χ4n) is 2.28. The van der Waals surface area contributed by atoms with Crippen LogP contribution in [0.3, 0.4) is 0 Å². The lowest BCUT2D eigenvalue weighted by Gasteiger charge is -2.33. The van der Waals surface area contributed by atoms with Gasteiger partial charge in [0.2, 0.25) is 0 Å². The average Bonchev–Trinajstić information content (AvgIpc) is 2.24. The molecule has 0 spiro atoms. The molecular formula is C11H18F3NO2. The molecular weight excluding hydrogens is 235 g/mol. The summed E-state index contributed by atoms with van der Waals surface area (Å²) >= 11 is 0. The maximum Gasteiger partial charge on any atom is 0.390 e. The zero-order valence-electron chi connectivity index (χ0n) is 9.67. The number of carbonyl (C=O) groups is 1. The first-order chi connectivity index (χ1) is 7.88. The van der Waals surface area contributed by atoms with E-state index >= 15 is 0 Å². The van der Waals surface area contributed by atoms with E-state index in [1.807, 2.05) is 0 Å². The van der Waals surface area contributed by atoms with E-state index in [9.17, 15) is 18.0 Å². The number of aliphatic carboxylic acids is 1. The van der Waals surface area contributed by atoms with Gasteiger partial charge in [0.15, 0.2) is 0 Å². The first-order valence-corrected chi connectivity index (χ1v) is 5.91. The highest BCUT2D eigenvalue weighted by atomic mass is 19.4. The molecule has 1 saturated carbocycles. The molecule has 100 valence electrons. The van der Waals surface area contributed by atoms with Crippen LogP contribution in [0.25, 0.3) is 0 Å². The summed E-state index contributed by atoms with van der Waals surface area (Å²) in [5.41, 5.74) is 0. The summed E-state index contributed by atoms with van der Waals surface area (Å²) in [6, 6.07) is 0.00204. The van der Waals surface area contributed by atoms with Gasteiger partial charge in [-0.05, 0) is 12.8 Å². The van der Waals surface area contributed by atoms with Crippen molar-refractivity contribution in [2.24, 2.45) is 0 Å². The average molecular weight is 253 g/mol. The number of hydrogen-bond donors (Lipinski definition) is 1. The van der Waals surface area contributed by atoms with Crippen LogP contribution >= 0.6 is 0 Å². The summed E-state index contributed by atoms with van der Waals surface area (Å²) in [7, 11) is 0. The highest BCUT2D eigenvalue weighted by Crippen LogP contribution is 2.25. The summed E-state index contributed by atoms with van der Waals surface area (Å²) in [5.74, 6) is -1.06. The SMILES string of the molecule is O=C(O)CN(CCC(F)(F)F)C1CCCCC1. The van der Waals surface area contributed by atoms with Crippen molar-refractivity contribution in [3.05, 3.63) is 0 Å². The van der Waals surface area contributed by atoms with Crippen molar-refractivity contribution in [2.45, 2.75) is 50.7 Å². The van der Waals surface area contributed by atoms with Gasteiger partial charge in [-0.25, -0.2) is 0 Å². The molecule has 0 heterocycles. The Bertz CT molecular complexity index is 250. The molecule has 1 aliphatic rings. The molecule has 0 aromatic rings. The van der Waals surface area contributed by atoms with Crippen LogP contribution in [-0.2, 0) is 4.79 Å². The number of carboxylic acids is 1. The Morgan fingerprint density at radius 2 is 1.82 bits per heavy atom. The normalized spacial score (nSPS) is 18.6. The van der Waals surface area contributed by atoms with E-state index < -0.39 is 18.6 Å². The van der Waals surface area contributed by atoms with Gasteiger partial charge in [-0.3, -0.25) is 9.69 Å². The van der Waals surface area contributed by atoms with Crippen molar-refractivity contribution in [1.29, 1.82) is 0 Å². The van der Waals surface area contributed by atoms with E-state index in [-0.39, 0.29) is 19.1 Å². The van der Waals surface area contributed by atoms with Gasteiger partial charge in [0.05, 0.1) is 13.0 Å². The lowest BCUT2D eigenvalue weighted by atomic mass is 9.94. The van der Waals surface area contributed by atoms with Crippen LogP contribution in [0.2, 0.25) is 0 Å². The first kappa shape index (κ1) is 14.3. The zero-order chi connectivity index (χ0) is 12.9. The predicted octanol–water partition coefficient (Wildman–Crippen LogP) is 2.66. The van der Waals surface area contributed by atoms with Crippen LogP contribution in [-0.4, -0.2) is 41.3 Å². The molecule has 0 atom stereocenters. The third kappa shape index (κ3) is 5.91. The second-order valence-electron chi connectivity index (χ2n) is 4.52. The Balaban J connectivity index is 2.49. The summed E-state index contributed by atoms with van der Waals surface area (Å²) in [6.45, 7) is -0.499. The Labute approximate surface area is 98.6 Å². The molecule has 0 unspecified atom stereocenters. The second kappa shape index (κ2) is 6.23. The fraction of sp³-hybridized carbons (Fsp3) is 0.909. The lowest BCUT2D eigenvalue weighted by Crippen LogP contribution is -2.42.